The summed E-state index contributed by atoms with van der Waals surface area (Å²) in [6, 6.07) is 0. The van der Waals surface area contributed by atoms with Crippen LogP contribution in [0.3, 0.4) is 0 Å². The average Bonchev–Trinajstić information content (AvgIpc) is 3.28. The van der Waals surface area contributed by atoms with Gasteiger partial charge in [0.2, 0.25) is 11.6 Å². The summed E-state index contributed by atoms with van der Waals surface area (Å²) in [6.07, 6.45) is 1.54. The fraction of sp³-hybridized carbons (Fsp3) is 0.529. The lowest BCUT2D eigenvalue weighted by molar-refractivity contribution is -0.173. The highest BCUT2D eigenvalue weighted by atomic mass is 35.5. The van der Waals surface area contributed by atoms with Crippen molar-refractivity contribution in [3.63, 3.8) is 0 Å². The fourth-order valence-corrected chi connectivity index (χ4v) is 2.84. The van der Waals surface area contributed by atoms with Gasteiger partial charge in [0.05, 0.1) is 12.4 Å². The van der Waals surface area contributed by atoms with Crippen molar-refractivity contribution in [2.75, 3.05) is 5.88 Å². The molecule has 2 aromatic heterocycles. The molecule has 3 atom stereocenters. The van der Waals surface area contributed by atoms with Crippen LogP contribution < -0.4 is 0 Å². The van der Waals surface area contributed by atoms with Gasteiger partial charge in [-0.3, -0.25) is 14.4 Å². The lowest BCUT2D eigenvalue weighted by Crippen LogP contribution is -2.25. The minimum Gasteiger partial charge on any atom is -0.480 e. The molecular formula is C17H21Cl3N4O7. The van der Waals surface area contributed by atoms with E-state index in [1.807, 2.05) is 6.92 Å². The molecule has 0 amide bonds. The number of rotatable bonds is 4. The largest absolute Gasteiger partial charge is 0.480 e. The third-order valence-corrected chi connectivity index (χ3v) is 4.18. The molecule has 0 aliphatic carbocycles. The first-order valence-corrected chi connectivity index (χ1v) is 10.2. The first-order valence-electron chi connectivity index (χ1n) is 8.87. The maximum absolute atomic E-state index is 10.8. The monoisotopic (exact) mass is 498 g/mol. The molecule has 11 nitrogen and oxygen atoms in total. The summed E-state index contributed by atoms with van der Waals surface area (Å²) in [4.78, 5) is 45.0. The van der Waals surface area contributed by atoms with Crippen LogP contribution in [0.5, 0.6) is 0 Å². The Labute approximate surface area is 192 Å². The summed E-state index contributed by atoms with van der Waals surface area (Å²) in [5.41, 5.74) is 1.09. The van der Waals surface area contributed by atoms with Gasteiger partial charge in [-0.15, -0.1) is 11.6 Å². The molecule has 0 spiro atoms. The first kappa shape index (κ1) is 26.8. The van der Waals surface area contributed by atoms with E-state index < -0.39 is 18.2 Å². The van der Waals surface area contributed by atoms with Gasteiger partial charge < -0.3 is 24.3 Å². The Morgan fingerprint density at radius 3 is 2.35 bits per heavy atom. The predicted octanol–water partition coefficient (Wildman–Crippen LogP) is 2.98. The number of carbonyl (C=O) groups excluding carboxylic acids is 2. The van der Waals surface area contributed by atoms with Gasteiger partial charge in [0, 0.05) is 20.3 Å². The molecule has 1 aliphatic rings. The summed E-state index contributed by atoms with van der Waals surface area (Å²) in [5, 5.41) is 7.99. The number of carboxylic acids is 1. The quantitative estimate of drug-likeness (QED) is 0.278. The molecule has 0 aromatic carbocycles. The predicted molar refractivity (Wildman–Crippen MR) is 111 cm³/mol. The van der Waals surface area contributed by atoms with Crippen molar-refractivity contribution in [3.05, 3.63) is 16.8 Å². The van der Waals surface area contributed by atoms with Crippen molar-refractivity contribution in [3.8, 4) is 0 Å². The number of aromatic amines is 1. The van der Waals surface area contributed by atoms with Crippen LogP contribution in [-0.4, -0.2) is 67.3 Å². The van der Waals surface area contributed by atoms with E-state index in [9.17, 15) is 14.4 Å². The van der Waals surface area contributed by atoms with Gasteiger partial charge in [-0.25, -0.2) is 9.97 Å². The molecule has 0 radical (unpaired) electrons. The van der Waals surface area contributed by atoms with E-state index in [0.717, 1.165) is 6.42 Å². The average molecular weight is 500 g/mol. The van der Waals surface area contributed by atoms with Crippen molar-refractivity contribution in [2.24, 2.45) is 0 Å². The molecule has 2 unspecified atom stereocenters. The Morgan fingerprint density at radius 1 is 1.23 bits per heavy atom. The van der Waals surface area contributed by atoms with Crippen LogP contribution in [0.15, 0.2) is 6.33 Å². The van der Waals surface area contributed by atoms with Gasteiger partial charge in [0.25, 0.3) is 0 Å². The number of nitrogens with one attached hydrogen (secondary N) is 1. The summed E-state index contributed by atoms with van der Waals surface area (Å²) in [7, 11) is 0. The number of halogens is 3. The van der Waals surface area contributed by atoms with Crippen LogP contribution in [0.2, 0.25) is 10.4 Å². The SMILES string of the molecule is CC[C@H]1OC(OC(C)=O)CC1OC(C)=O.Clc1nc(Cl)c2[nH]cnc2n1.O=C(O)CCl. The number of carboxylic acid groups (broad SMARTS) is 1. The topological polar surface area (TPSA) is 154 Å². The van der Waals surface area contributed by atoms with Crippen molar-refractivity contribution in [1.29, 1.82) is 0 Å². The number of hydrogen-bond acceptors (Lipinski definition) is 9. The fourth-order valence-electron chi connectivity index (χ4n) is 2.41. The number of ether oxygens (including phenoxy) is 3. The molecule has 2 N–H and O–H groups in total. The van der Waals surface area contributed by atoms with E-state index in [1.165, 1.54) is 20.2 Å². The molecule has 14 heteroatoms. The van der Waals surface area contributed by atoms with Gasteiger partial charge in [0.1, 0.15) is 17.5 Å². The van der Waals surface area contributed by atoms with Crippen LogP contribution in [-0.2, 0) is 28.6 Å². The highest BCUT2D eigenvalue weighted by Crippen LogP contribution is 2.26. The number of H-pyrrole nitrogens is 1. The van der Waals surface area contributed by atoms with E-state index in [1.54, 1.807) is 0 Å². The molecule has 3 rings (SSSR count). The lowest BCUT2D eigenvalue weighted by Gasteiger charge is -2.15. The number of nitrogens with zero attached hydrogens (tertiary/aromatic N) is 3. The van der Waals surface area contributed by atoms with E-state index in [2.05, 4.69) is 19.9 Å². The molecule has 31 heavy (non-hydrogen) atoms. The van der Waals surface area contributed by atoms with Gasteiger partial charge in [-0.2, -0.15) is 4.98 Å². The first-order chi connectivity index (χ1) is 14.6. The minimum atomic E-state index is -0.980. The maximum Gasteiger partial charge on any atom is 0.318 e. The molecule has 2 aromatic rings. The van der Waals surface area contributed by atoms with E-state index in [-0.39, 0.29) is 34.5 Å². The summed E-state index contributed by atoms with van der Waals surface area (Å²) in [6.45, 7) is 4.60. The Morgan fingerprint density at radius 2 is 1.84 bits per heavy atom. The molecule has 0 saturated carbocycles. The number of aliphatic carboxylic acids is 1. The van der Waals surface area contributed by atoms with Crippen molar-refractivity contribution < 1.29 is 33.7 Å². The Hall–Kier alpha value is -2.21. The summed E-state index contributed by atoms with van der Waals surface area (Å²) in [5.74, 6) is -2.02. The molecule has 3 heterocycles. The Bertz CT molecular complexity index is 896. The molecule has 1 saturated heterocycles. The number of esters is 2. The number of carbonyl (C=O) groups is 3. The van der Waals surface area contributed by atoms with Crippen LogP contribution in [0.4, 0.5) is 0 Å². The van der Waals surface area contributed by atoms with Crippen LogP contribution in [0, 0.1) is 0 Å². The standard InChI is InChI=1S/C10H16O5.C5H2Cl2N4.C2H3ClO2/c1-4-8-9(13-6(2)11)5-10(15-8)14-7(3)12;6-3-2-4(9-1-8-2)11-5(7)10-3;3-1-2(4)5/h8-10H,4-5H2,1-3H3;1H,(H,8,9,10,11);1H2,(H,4,5)/t8-,9?,10?;;/m1../s1. The molecule has 0 bridgehead atoms. The maximum atomic E-state index is 10.8. The van der Waals surface area contributed by atoms with Crippen LogP contribution in [0.1, 0.15) is 33.6 Å². The normalized spacial score (nSPS) is 19.5. The van der Waals surface area contributed by atoms with Gasteiger partial charge in [-0.05, 0) is 18.0 Å². The van der Waals surface area contributed by atoms with E-state index in [4.69, 9.17) is 54.1 Å². The van der Waals surface area contributed by atoms with Crippen molar-refractivity contribution in [1.82, 2.24) is 19.9 Å². The number of fused-ring (bicyclic) bond motifs is 1. The molecule has 1 aliphatic heterocycles. The smallest absolute Gasteiger partial charge is 0.318 e. The second kappa shape index (κ2) is 13.3. The Balaban J connectivity index is 0.000000262. The van der Waals surface area contributed by atoms with Gasteiger partial charge in [0.15, 0.2) is 10.8 Å². The van der Waals surface area contributed by atoms with Gasteiger partial charge in [-0.1, -0.05) is 18.5 Å². The minimum absolute atomic E-state index is 0.106. The molecule has 1 fully saturated rings. The number of hydrogen-bond donors (Lipinski definition) is 2. The Kier molecular flexibility index (Phi) is 11.5. The zero-order valence-electron chi connectivity index (χ0n) is 16.8. The van der Waals surface area contributed by atoms with Crippen LogP contribution >= 0.6 is 34.8 Å². The highest BCUT2D eigenvalue weighted by Gasteiger charge is 2.37. The second-order valence-electron chi connectivity index (χ2n) is 5.92. The number of aromatic nitrogens is 4. The second-order valence-corrected chi connectivity index (χ2v) is 6.88. The highest BCUT2D eigenvalue weighted by molar-refractivity contribution is 6.35. The molecular weight excluding hydrogens is 479 g/mol. The van der Waals surface area contributed by atoms with Crippen LogP contribution in [0.25, 0.3) is 11.2 Å². The van der Waals surface area contributed by atoms with Crippen molar-refractivity contribution in [2.45, 2.75) is 52.1 Å². The number of imidazole rings is 1. The third kappa shape index (κ3) is 9.64. The van der Waals surface area contributed by atoms with E-state index in [0.29, 0.717) is 17.6 Å². The zero-order chi connectivity index (χ0) is 23.6. The third-order valence-electron chi connectivity index (χ3n) is 3.51. The zero-order valence-corrected chi connectivity index (χ0v) is 19.1. The van der Waals surface area contributed by atoms with Gasteiger partial charge >= 0.3 is 17.9 Å². The number of alkyl halides is 1. The summed E-state index contributed by atoms with van der Waals surface area (Å²) < 4.78 is 15.4. The lowest BCUT2D eigenvalue weighted by atomic mass is 10.1. The van der Waals surface area contributed by atoms with Crippen molar-refractivity contribution >= 4 is 63.9 Å². The summed E-state index contributed by atoms with van der Waals surface area (Å²) >= 11 is 16.0. The molecule has 172 valence electrons. The van der Waals surface area contributed by atoms with E-state index >= 15 is 0 Å².